The number of halogens is 1. The molecule has 1 fully saturated rings. The summed E-state index contributed by atoms with van der Waals surface area (Å²) in [4.78, 5) is 6.64. The van der Waals surface area contributed by atoms with E-state index < -0.39 is 0 Å². The number of likely N-dealkylation sites (tertiary alicyclic amines) is 1. The molecule has 1 aromatic heterocycles. The minimum Gasteiger partial charge on any atom is -0.319 e. The molecule has 100 valence electrons. The minimum absolute atomic E-state index is 0.266. The lowest BCUT2D eigenvalue weighted by molar-refractivity contribution is 0.129. The van der Waals surface area contributed by atoms with Gasteiger partial charge < -0.3 is 5.32 Å². The van der Waals surface area contributed by atoms with E-state index >= 15 is 0 Å². The predicted molar refractivity (Wildman–Crippen MR) is 70.8 cm³/mol. The molecule has 0 aromatic carbocycles. The van der Waals surface area contributed by atoms with E-state index in [1.807, 2.05) is 7.05 Å². The predicted octanol–water partition coefficient (Wildman–Crippen LogP) is 2.21. The summed E-state index contributed by atoms with van der Waals surface area (Å²) in [6.45, 7) is 5.43. The van der Waals surface area contributed by atoms with Crippen molar-refractivity contribution in [1.82, 2.24) is 15.2 Å². The molecule has 1 aliphatic heterocycles. The van der Waals surface area contributed by atoms with Gasteiger partial charge in [0, 0.05) is 12.6 Å². The first-order valence-corrected chi connectivity index (χ1v) is 6.71. The van der Waals surface area contributed by atoms with E-state index in [-0.39, 0.29) is 11.9 Å². The van der Waals surface area contributed by atoms with Gasteiger partial charge in [0.05, 0.1) is 11.9 Å². The smallest absolute Gasteiger partial charge is 0.141 e. The van der Waals surface area contributed by atoms with Gasteiger partial charge in [-0.3, -0.25) is 9.88 Å². The van der Waals surface area contributed by atoms with Gasteiger partial charge in [0.1, 0.15) is 5.82 Å². The van der Waals surface area contributed by atoms with Crippen LogP contribution in [0.2, 0.25) is 0 Å². The van der Waals surface area contributed by atoms with Gasteiger partial charge in [-0.05, 0) is 58.0 Å². The van der Waals surface area contributed by atoms with E-state index in [0.717, 1.165) is 25.3 Å². The molecule has 2 unspecified atom stereocenters. The van der Waals surface area contributed by atoms with E-state index in [1.54, 1.807) is 6.07 Å². The Hall–Kier alpha value is -1.00. The molecule has 2 atom stereocenters. The fourth-order valence-electron chi connectivity index (χ4n) is 2.73. The highest BCUT2D eigenvalue weighted by atomic mass is 19.1. The lowest BCUT2D eigenvalue weighted by Crippen LogP contribution is -2.40. The van der Waals surface area contributed by atoms with Crippen LogP contribution in [0, 0.1) is 11.7 Å². The third-order valence-corrected chi connectivity index (χ3v) is 3.77. The number of piperidine rings is 1. The molecule has 1 aliphatic rings. The minimum atomic E-state index is -0.266. The number of hydrogen-bond donors (Lipinski definition) is 1. The summed E-state index contributed by atoms with van der Waals surface area (Å²) in [7, 11) is 2.00. The largest absolute Gasteiger partial charge is 0.319 e. The van der Waals surface area contributed by atoms with Gasteiger partial charge in [-0.1, -0.05) is 0 Å². The second-order valence-corrected chi connectivity index (χ2v) is 5.14. The Labute approximate surface area is 108 Å². The second-order valence-electron chi connectivity index (χ2n) is 5.14. The van der Waals surface area contributed by atoms with Gasteiger partial charge in [0.25, 0.3) is 0 Å². The molecular weight excluding hydrogens is 229 g/mol. The SMILES string of the molecule is CNCC1CCCN(C(C)c2ccc(F)cn2)C1. The van der Waals surface area contributed by atoms with Crippen LogP contribution in [0.15, 0.2) is 18.3 Å². The van der Waals surface area contributed by atoms with Crippen molar-refractivity contribution in [2.45, 2.75) is 25.8 Å². The van der Waals surface area contributed by atoms with Crippen LogP contribution in [-0.4, -0.2) is 36.6 Å². The quantitative estimate of drug-likeness (QED) is 0.889. The first kappa shape index (κ1) is 13.4. The number of nitrogens with one attached hydrogen (secondary N) is 1. The van der Waals surface area contributed by atoms with Crippen LogP contribution in [0.5, 0.6) is 0 Å². The Morgan fingerprint density at radius 3 is 3.06 bits per heavy atom. The molecule has 0 aliphatic carbocycles. The summed E-state index contributed by atoms with van der Waals surface area (Å²) in [5.74, 6) is 0.448. The molecule has 1 N–H and O–H groups in total. The highest BCUT2D eigenvalue weighted by molar-refractivity contribution is 5.09. The van der Waals surface area contributed by atoms with Crippen LogP contribution >= 0.6 is 0 Å². The molecule has 2 rings (SSSR count). The summed E-state index contributed by atoms with van der Waals surface area (Å²) in [5.41, 5.74) is 0.960. The number of aromatic nitrogens is 1. The van der Waals surface area contributed by atoms with Crippen molar-refractivity contribution >= 4 is 0 Å². The van der Waals surface area contributed by atoms with Gasteiger partial charge in [-0.25, -0.2) is 4.39 Å². The Morgan fingerprint density at radius 1 is 1.56 bits per heavy atom. The molecule has 18 heavy (non-hydrogen) atoms. The van der Waals surface area contributed by atoms with Gasteiger partial charge in [-0.2, -0.15) is 0 Å². The van der Waals surface area contributed by atoms with Crippen LogP contribution in [0.3, 0.4) is 0 Å². The maximum Gasteiger partial charge on any atom is 0.141 e. The van der Waals surface area contributed by atoms with Crippen LogP contribution < -0.4 is 5.32 Å². The van der Waals surface area contributed by atoms with Gasteiger partial charge >= 0.3 is 0 Å². The maximum atomic E-state index is 12.9. The van der Waals surface area contributed by atoms with E-state index in [4.69, 9.17) is 0 Å². The number of nitrogens with zero attached hydrogens (tertiary/aromatic N) is 2. The molecule has 1 saturated heterocycles. The first-order valence-electron chi connectivity index (χ1n) is 6.71. The summed E-state index contributed by atoms with van der Waals surface area (Å²) in [5, 5.41) is 3.25. The molecule has 3 nitrogen and oxygen atoms in total. The maximum absolute atomic E-state index is 12.9. The van der Waals surface area contributed by atoms with E-state index in [0.29, 0.717) is 5.92 Å². The lowest BCUT2D eigenvalue weighted by atomic mass is 9.96. The zero-order chi connectivity index (χ0) is 13.0. The molecule has 2 heterocycles. The molecule has 1 aromatic rings. The van der Waals surface area contributed by atoms with Crippen molar-refractivity contribution in [3.05, 3.63) is 29.8 Å². The van der Waals surface area contributed by atoms with E-state index in [2.05, 4.69) is 22.1 Å². The summed E-state index contributed by atoms with van der Waals surface area (Å²) >= 11 is 0. The Morgan fingerprint density at radius 2 is 2.39 bits per heavy atom. The monoisotopic (exact) mass is 251 g/mol. The standard InChI is InChI=1S/C14H22FN3/c1-11(14-6-5-13(15)9-17-14)18-7-3-4-12(10-18)8-16-2/h5-6,9,11-12,16H,3-4,7-8,10H2,1-2H3. The number of hydrogen-bond acceptors (Lipinski definition) is 3. The zero-order valence-corrected chi connectivity index (χ0v) is 11.2. The van der Waals surface area contributed by atoms with Crippen molar-refractivity contribution in [3.63, 3.8) is 0 Å². The molecule has 0 radical (unpaired) electrons. The van der Waals surface area contributed by atoms with Crippen molar-refractivity contribution < 1.29 is 4.39 Å². The summed E-state index contributed by atoms with van der Waals surface area (Å²) in [6, 6.07) is 3.56. The Bertz CT molecular complexity index is 364. The van der Waals surface area contributed by atoms with Crippen molar-refractivity contribution in [2.75, 3.05) is 26.7 Å². The normalized spacial score (nSPS) is 22.9. The van der Waals surface area contributed by atoms with Crippen LogP contribution in [0.4, 0.5) is 4.39 Å². The molecule has 0 spiro atoms. The fraction of sp³-hybridized carbons (Fsp3) is 0.643. The lowest BCUT2D eigenvalue weighted by Gasteiger charge is -2.36. The van der Waals surface area contributed by atoms with Crippen LogP contribution in [0.1, 0.15) is 31.5 Å². The number of pyridine rings is 1. The van der Waals surface area contributed by atoms with E-state index in [9.17, 15) is 4.39 Å². The zero-order valence-electron chi connectivity index (χ0n) is 11.2. The van der Waals surface area contributed by atoms with Crippen LogP contribution in [-0.2, 0) is 0 Å². The molecule has 0 saturated carbocycles. The average Bonchev–Trinajstić information content (AvgIpc) is 2.39. The number of rotatable bonds is 4. The fourth-order valence-corrected chi connectivity index (χ4v) is 2.73. The summed E-state index contributed by atoms with van der Waals surface area (Å²) < 4.78 is 12.9. The molecule has 0 amide bonds. The first-order chi connectivity index (χ1) is 8.70. The topological polar surface area (TPSA) is 28.2 Å². The second kappa shape index (κ2) is 6.25. The Kier molecular flexibility index (Phi) is 4.66. The van der Waals surface area contributed by atoms with Gasteiger partial charge in [0.2, 0.25) is 0 Å². The average molecular weight is 251 g/mol. The van der Waals surface area contributed by atoms with Crippen molar-refractivity contribution in [1.29, 1.82) is 0 Å². The Balaban J connectivity index is 1.99. The molecule has 0 bridgehead atoms. The van der Waals surface area contributed by atoms with Crippen molar-refractivity contribution in [3.8, 4) is 0 Å². The van der Waals surface area contributed by atoms with Crippen molar-refractivity contribution in [2.24, 2.45) is 5.92 Å². The summed E-state index contributed by atoms with van der Waals surface area (Å²) in [6.07, 6.45) is 3.83. The highest BCUT2D eigenvalue weighted by Crippen LogP contribution is 2.25. The van der Waals surface area contributed by atoms with Gasteiger partial charge in [0.15, 0.2) is 0 Å². The third kappa shape index (κ3) is 3.27. The molecular formula is C14H22FN3. The van der Waals surface area contributed by atoms with Crippen LogP contribution in [0.25, 0.3) is 0 Å². The van der Waals surface area contributed by atoms with Gasteiger partial charge in [-0.15, -0.1) is 0 Å². The third-order valence-electron chi connectivity index (χ3n) is 3.77. The highest BCUT2D eigenvalue weighted by Gasteiger charge is 2.24. The molecule has 4 heteroatoms. The van der Waals surface area contributed by atoms with E-state index in [1.165, 1.54) is 25.1 Å².